The molecule has 1 heterocycles. The zero-order valence-electron chi connectivity index (χ0n) is 33.0. The molecular formula is C47H62FN3O3. The molecule has 6 nitrogen and oxygen atoms in total. The number of amides is 1. The van der Waals surface area contributed by atoms with Crippen LogP contribution in [0.5, 0.6) is 11.5 Å². The maximum Gasteiger partial charge on any atom is 0.220 e. The Kier molecular flexibility index (Phi) is 16.0. The zero-order valence-corrected chi connectivity index (χ0v) is 33.0. The fraction of sp³-hybridized carbons (Fsp3) is 0.468. The number of nitrogens with one attached hydrogen (secondary N) is 2. The highest BCUT2D eigenvalue weighted by Gasteiger charge is 2.35. The minimum Gasteiger partial charge on any atom is -0.493 e. The van der Waals surface area contributed by atoms with E-state index in [-0.39, 0.29) is 17.1 Å². The van der Waals surface area contributed by atoms with Gasteiger partial charge in [-0.3, -0.25) is 9.69 Å². The summed E-state index contributed by atoms with van der Waals surface area (Å²) in [5.74, 6) is 2.04. The van der Waals surface area contributed by atoms with Crippen LogP contribution < -0.4 is 20.1 Å². The summed E-state index contributed by atoms with van der Waals surface area (Å²) in [5, 5.41) is 6.80. The fourth-order valence-electron chi connectivity index (χ4n) is 8.25. The molecule has 0 radical (unpaired) electrons. The summed E-state index contributed by atoms with van der Waals surface area (Å²) in [7, 11) is 3.45. The van der Waals surface area contributed by atoms with Crippen LogP contribution in [-0.4, -0.2) is 57.8 Å². The van der Waals surface area contributed by atoms with Crippen molar-refractivity contribution in [2.75, 3.05) is 46.9 Å². The third kappa shape index (κ3) is 11.4. The molecule has 1 atom stereocenters. The highest BCUT2D eigenvalue weighted by atomic mass is 19.1. The Balaban J connectivity index is 1.30. The van der Waals surface area contributed by atoms with Crippen LogP contribution in [0.25, 0.3) is 0 Å². The van der Waals surface area contributed by atoms with Gasteiger partial charge in [-0.2, -0.15) is 0 Å². The Morgan fingerprint density at radius 1 is 0.833 bits per heavy atom. The molecule has 1 amide bonds. The average molecular weight is 736 g/mol. The van der Waals surface area contributed by atoms with Gasteiger partial charge in [0.05, 0.1) is 14.2 Å². The van der Waals surface area contributed by atoms with Crippen LogP contribution in [0.1, 0.15) is 99.1 Å². The summed E-state index contributed by atoms with van der Waals surface area (Å²) in [6, 6.07) is 33.1. The SMILES string of the molecule is COc1cc2c(cc1OC)C(CCCCNCC(C)C)N(CCCC(CCCNC(=O)CCc1ccc(F)cc1)(c1ccccc1)c1ccccc1)CC2. The lowest BCUT2D eigenvalue weighted by Crippen LogP contribution is -2.37. The summed E-state index contributed by atoms with van der Waals surface area (Å²) < 4.78 is 24.8. The van der Waals surface area contributed by atoms with E-state index in [4.69, 9.17) is 9.47 Å². The maximum atomic E-state index is 13.3. The van der Waals surface area contributed by atoms with Gasteiger partial charge in [-0.25, -0.2) is 4.39 Å². The van der Waals surface area contributed by atoms with Crippen LogP contribution in [0, 0.1) is 11.7 Å². The van der Waals surface area contributed by atoms with E-state index in [2.05, 4.69) is 102 Å². The number of ether oxygens (including phenoxy) is 2. The van der Waals surface area contributed by atoms with E-state index in [9.17, 15) is 9.18 Å². The van der Waals surface area contributed by atoms with Gasteiger partial charge in [0, 0.05) is 31.0 Å². The van der Waals surface area contributed by atoms with Crippen LogP contribution >= 0.6 is 0 Å². The normalized spacial score (nSPS) is 14.5. The van der Waals surface area contributed by atoms with Crippen LogP contribution in [0.2, 0.25) is 0 Å². The highest BCUT2D eigenvalue weighted by Crippen LogP contribution is 2.43. The molecule has 1 aliphatic heterocycles. The number of methoxy groups -OCH3 is 2. The topological polar surface area (TPSA) is 62.8 Å². The summed E-state index contributed by atoms with van der Waals surface area (Å²) >= 11 is 0. The number of halogens is 1. The molecule has 2 N–H and O–H groups in total. The number of unbranched alkanes of at least 4 members (excludes halogenated alkanes) is 1. The Morgan fingerprint density at radius 2 is 1.48 bits per heavy atom. The summed E-state index contributed by atoms with van der Waals surface area (Å²) in [5.41, 5.74) is 6.17. The van der Waals surface area contributed by atoms with E-state index in [1.54, 1.807) is 26.4 Å². The molecule has 1 unspecified atom stereocenters. The first-order valence-corrected chi connectivity index (χ1v) is 20.1. The van der Waals surface area contributed by atoms with Crippen molar-refractivity contribution in [3.63, 3.8) is 0 Å². The van der Waals surface area contributed by atoms with Gasteiger partial charge in [0.15, 0.2) is 11.5 Å². The molecule has 4 aromatic carbocycles. The summed E-state index contributed by atoms with van der Waals surface area (Å²) in [4.78, 5) is 15.6. The first-order chi connectivity index (χ1) is 26.3. The van der Waals surface area contributed by atoms with E-state index in [0.717, 1.165) is 94.6 Å². The third-order valence-electron chi connectivity index (χ3n) is 11.1. The number of aryl methyl sites for hydroxylation is 1. The van der Waals surface area contributed by atoms with Crippen molar-refractivity contribution >= 4 is 5.91 Å². The minimum atomic E-state index is -0.257. The van der Waals surface area contributed by atoms with Crippen molar-refractivity contribution in [3.05, 3.63) is 131 Å². The summed E-state index contributed by atoms with van der Waals surface area (Å²) in [6.45, 7) is 9.27. The van der Waals surface area contributed by atoms with Gasteiger partial charge in [-0.15, -0.1) is 0 Å². The van der Waals surface area contributed by atoms with Crippen molar-refractivity contribution in [2.45, 2.75) is 89.5 Å². The van der Waals surface area contributed by atoms with Gasteiger partial charge in [0.1, 0.15) is 5.82 Å². The second-order valence-corrected chi connectivity index (χ2v) is 15.3. The third-order valence-corrected chi connectivity index (χ3v) is 11.1. The van der Waals surface area contributed by atoms with Crippen molar-refractivity contribution in [3.8, 4) is 11.5 Å². The van der Waals surface area contributed by atoms with Gasteiger partial charge in [-0.1, -0.05) is 93.1 Å². The summed E-state index contributed by atoms with van der Waals surface area (Å²) in [6.07, 6.45) is 9.23. The number of hydrogen-bond donors (Lipinski definition) is 2. The molecule has 1 aliphatic rings. The van der Waals surface area contributed by atoms with Gasteiger partial charge in [0.25, 0.3) is 0 Å². The van der Waals surface area contributed by atoms with Crippen LogP contribution in [0.4, 0.5) is 4.39 Å². The molecule has 0 saturated carbocycles. The highest BCUT2D eigenvalue weighted by molar-refractivity contribution is 5.76. The first kappa shape index (κ1) is 41.0. The number of fused-ring (bicyclic) bond motifs is 1. The molecule has 0 aliphatic carbocycles. The molecule has 5 rings (SSSR count). The number of carbonyl (C=O) groups is 1. The molecule has 0 aromatic heterocycles. The van der Waals surface area contributed by atoms with Crippen molar-refractivity contribution < 1.29 is 18.7 Å². The smallest absolute Gasteiger partial charge is 0.220 e. The van der Waals surface area contributed by atoms with Crippen molar-refractivity contribution in [1.82, 2.24) is 15.5 Å². The molecular weight excluding hydrogens is 674 g/mol. The number of benzene rings is 4. The quantitative estimate of drug-likeness (QED) is 0.0788. The van der Waals surface area contributed by atoms with Gasteiger partial charge in [-0.05, 0) is 129 Å². The standard InChI is InChI=1S/C47H62FN3O3/c1-36(2)35-49-29-12-11-19-43-42-34-45(54-4)44(53-3)33-38(42)26-32-51(43)31-14-28-47(39-15-7-5-8-16-39,40-17-9-6-10-18-40)27-13-30-50-46(52)25-22-37-20-23-41(48)24-21-37/h5-10,15-18,20-21,23-24,33-34,36,43,49H,11-14,19,22,25-32,35H2,1-4H3,(H,50,52). The fourth-order valence-corrected chi connectivity index (χ4v) is 8.25. The second kappa shape index (κ2) is 21.0. The lowest BCUT2D eigenvalue weighted by atomic mass is 9.68. The molecule has 4 aromatic rings. The molecule has 0 bridgehead atoms. The van der Waals surface area contributed by atoms with Gasteiger partial charge >= 0.3 is 0 Å². The Labute approximate surface area is 323 Å². The Bertz CT molecular complexity index is 1660. The largest absolute Gasteiger partial charge is 0.493 e. The van der Waals surface area contributed by atoms with Crippen LogP contribution in [0.3, 0.4) is 0 Å². The zero-order chi connectivity index (χ0) is 38.2. The maximum absolute atomic E-state index is 13.3. The number of nitrogens with zero attached hydrogens (tertiary/aromatic N) is 1. The Hall–Kier alpha value is -4.20. The lowest BCUT2D eigenvalue weighted by Gasteiger charge is -2.40. The van der Waals surface area contributed by atoms with Gasteiger partial charge < -0.3 is 20.1 Å². The van der Waals surface area contributed by atoms with E-state index in [1.165, 1.54) is 34.4 Å². The molecule has 0 fully saturated rings. The predicted octanol–water partition coefficient (Wildman–Crippen LogP) is 9.45. The van der Waals surface area contributed by atoms with E-state index in [0.29, 0.717) is 31.3 Å². The van der Waals surface area contributed by atoms with Crippen LogP contribution in [-0.2, 0) is 23.1 Å². The molecule has 0 saturated heterocycles. The van der Waals surface area contributed by atoms with Crippen LogP contribution in [0.15, 0.2) is 97.1 Å². The van der Waals surface area contributed by atoms with E-state index in [1.807, 2.05) is 0 Å². The molecule has 0 spiro atoms. The number of carbonyl (C=O) groups excluding carboxylic acids is 1. The monoisotopic (exact) mass is 735 g/mol. The second-order valence-electron chi connectivity index (χ2n) is 15.3. The molecule has 290 valence electrons. The first-order valence-electron chi connectivity index (χ1n) is 20.1. The molecule has 54 heavy (non-hydrogen) atoms. The van der Waals surface area contributed by atoms with Crippen molar-refractivity contribution in [2.24, 2.45) is 5.92 Å². The lowest BCUT2D eigenvalue weighted by molar-refractivity contribution is -0.121. The number of hydrogen-bond acceptors (Lipinski definition) is 5. The average Bonchev–Trinajstić information content (AvgIpc) is 3.20. The molecule has 7 heteroatoms. The predicted molar refractivity (Wildman–Crippen MR) is 219 cm³/mol. The Morgan fingerprint density at radius 3 is 2.13 bits per heavy atom. The minimum absolute atomic E-state index is 0.0331. The van der Waals surface area contributed by atoms with Gasteiger partial charge in [0.2, 0.25) is 5.91 Å². The number of rotatable bonds is 22. The van der Waals surface area contributed by atoms with Crippen molar-refractivity contribution in [1.29, 1.82) is 0 Å². The van der Waals surface area contributed by atoms with E-state index >= 15 is 0 Å². The van der Waals surface area contributed by atoms with E-state index < -0.39 is 0 Å².